The maximum atomic E-state index is 10.0. The lowest BCUT2D eigenvalue weighted by atomic mass is 9.85. The van der Waals surface area contributed by atoms with Crippen molar-refractivity contribution in [1.29, 1.82) is 5.26 Å². The van der Waals surface area contributed by atoms with Crippen molar-refractivity contribution in [2.75, 3.05) is 0 Å². The van der Waals surface area contributed by atoms with Gasteiger partial charge in [0.1, 0.15) is 13.6 Å². The van der Waals surface area contributed by atoms with Crippen LogP contribution in [0.15, 0.2) is 42.5 Å². The van der Waals surface area contributed by atoms with Gasteiger partial charge < -0.3 is 5.11 Å². The third-order valence-corrected chi connectivity index (χ3v) is 3.94. The highest BCUT2D eigenvalue weighted by Gasteiger charge is 2.18. The van der Waals surface area contributed by atoms with E-state index >= 15 is 0 Å². The minimum Gasteiger partial charge on any atom is -0.508 e. The van der Waals surface area contributed by atoms with Gasteiger partial charge in [0.2, 0.25) is 0 Å². The zero-order chi connectivity index (χ0) is 15.4. The maximum Gasteiger partial charge on any atom is 0.139 e. The summed E-state index contributed by atoms with van der Waals surface area (Å²) in [7, 11) is 2.04. The summed E-state index contributed by atoms with van der Waals surface area (Å²) in [5.41, 5.74) is 4.28. The molecule has 0 bridgehead atoms. The van der Waals surface area contributed by atoms with E-state index in [1.807, 2.05) is 51.2 Å². The molecule has 21 heavy (non-hydrogen) atoms. The molecule has 2 aromatic carbocycles. The monoisotopic (exact) mass is 277 g/mol. The van der Waals surface area contributed by atoms with Gasteiger partial charge in [-0.2, -0.15) is 5.26 Å². The quantitative estimate of drug-likeness (QED) is 0.873. The SMILES string of the molecule is Bc1ccc(C(C#N)CC(C)c2cc(C)ccc2O)cc1. The van der Waals surface area contributed by atoms with Gasteiger partial charge in [0.25, 0.3) is 0 Å². The molecule has 2 aromatic rings. The summed E-state index contributed by atoms with van der Waals surface area (Å²) in [5, 5.41) is 19.5. The van der Waals surface area contributed by atoms with Crippen molar-refractivity contribution in [2.45, 2.75) is 32.1 Å². The first kappa shape index (κ1) is 15.2. The maximum absolute atomic E-state index is 10.0. The lowest BCUT2D eigenvalue weighted by molar-refractivity contribution is 0.459. The summed E-state index contributed by atoms with van der Waals surface area (Å²) in [4.78, 5) is 0. The molecule has 2 rings (SSSR count). The molecule has 0 spiro atoms. The van der Waals surface area contributed by atoms with Crippen molar-refractivity contribution in [2.24, 2.45) is 0 Å². The predicted octanol–water partition coefficient (Wildman–Crippen LogP) is 2.76. The van der Waals surface area contributed by atoms with Gasteiger partial charge in [0, 0.05) is 0 Å². The van der Waals surface area contributed by atoms with Crippen molar-refractivity contribution < 1.29 is 5.11 Å². The van der Waals surface area contributed by atoms with E-state index in [-0.39, 0.29) is 11.8 Å². The van der Waals surface area contributed by atoms with Crippen LogP contribution in [0.25, 0.3) is 0 Å². The van der Waals surface area contributed by atoms with Crippen LogP contribution in [0.1, 0.15) is 41.9 Å². The fourth-order valence-electron chi connectivity index (χ4n) is 2.61. The van der Waals surface area contributed by atoms with Crippen LogP contribution in [0, 0.1) is 18.3 Å². The fraction of sp³-hybridized carbons (Fsp3) is 0.278. The third-order valence-electron chi connectivity index (χ3n) is 3.94. The Bertz CT molecular complexity index is 658. The molecule has 2 unspecified atom stereocenters. The van der Waals surface area contributed by atoms with E-state index in [1.165, 1.54) is 5.46 Å². The fourth-order valence-corrected chi connectivity index (χ4v) is 2.61. The zero-order valence-corrected chi connectivity index (χ0v) is 12.8. The van der Waals surface area contributed by atoms with Gasteiger partial charge >= 0.3 is 0 Å². The minimum absolute atomic E-state index is 0.135. The molecule has 0 aromatic heterocycles. The molecule has 0 aliphatic carbocycles. The number of hydrogen-bond acceptors (Lipinski definition) is 2. The van der Waals surface area contributed by atoms with E-state index in [4.69, 9.17) is 0 Å². The second kappa shape index (κ2) is 6.50. The Balaban J connectivity index is 2.20. The minimum atomic E-state index is -0.152. The number of aromatic hydroxyl groups is 1. The number of nitrogens with zero attached hydrogens (tertiary/aromatic N) is 1. The van der Waals surface area contributed by atoms with Gasteiger partial charge in [-0.15, -0.1) is 0 Å². The topological polar surface area (TPSA) is 44.0 Å². The van der Waals surface area contributed by atoms with E-state index in [0.29, 0.717) is 12.2 Å². The zero-order valence-electron chi connectivity index (χ0n) is 12.8. The summed E-state index contributed by atoms with van der Waals surface area (Å²) < 4.78 is 0. The first-order chi connectivity index (χ1) is 10.0. The average molecular weight is 277 g/mol. The number of aryl methyl sites for hydroxylation is 1. The molecule has 0 heterocycles. The summed E-state index contributed by atoms with van der Waals surface area (Å²) in [6, 6.07) is 16.1. The molecule has 106 valence electrons. The number of phenolic OH excluding ortho intramolecular Hbond substituents is 1. The molecular weight excluding hydrogens is 257 g/mol. The molecule has 0 amide bonds. The van der Waals surface area contributed by atoms with Gasteiger partial charge in [0.05, 0.1) is 12.0 Å². The van der Waals surface area contributed by atoms with Crippen molar-refractivity contribution in [3.8, 4) is 11.8 Å². The van der Waals surface area contributed by atoms with Crippen molar-refractivity contribution in [3.63, 3.8) is 0 Å². The lowest BCUT2D eigenvalue weighted by Gasteiger charge is -2.18. The Hall–Kier alpha value is -2.21. The van der Waals surface area contributed by atoms with E-state index < -0.39 is 0 Å². The highest BCUT2D eigenvalue weighted by Crippen LogP contribution is 2.33. The smallest absolute Gasteiger partial charge is 0.139 e. The number of rotatable bonds is 4. The molecule has 0 aliphatic heterocycles. The van der Waals surface area contributed by atoms with Crippen LogP contribution < -0.4 is 5.46 Å². The van der Waals surface area contributed by atoms with Gasteiger partial charge in [0.15, 0.2) is 0 Å². The van der Waals surface area contributed by atoms with Crippen LogP contribution in [0.5, 0.6) is 5.75 Å². The Labute approximate surface area is 127 Å². The first-order valence-electron chi connectivity index (χ1n) is 7.27. The van der Waals surface area contributed by atoms with Gasteiger partial charge in [-0.05, 0) is 36.5 Å². The Kier molecular flexibility index (Phi) is 4.70. The van der Waals surface area contributed by atoms with Gasteiger partial charge in [-0.25, -0.2) is 0 Å². The Morgan fingerprint density at radius 3 is 2.48 bits per heavy atom. The van der Waals surface area contributed by atoms with Gasteiger partial charge in [-0.3, -0.25) is 0 Å². The molecule has 1 N–H and O–H groups in total. The van der Waals surface area contributed by atoms with E-state index in [1.54, 1.807) is 6.07 Å². The highest BCUT2D eigenvalue weighted by atomic mass is 16.3. The van der Waals surface area contributed by atoms with Crippen LogP contribution in [0.2, 0.25) is 0 Å². The summed E-state index contributed by atoms with van der Waals surface area (Å²) in [5.74, 6) is 0.296. The largest absolute Gasteiger partial charge is 0.508 e. The number of nitriles is 1. The van der Waals surface area contributed by atoms with Crippen LogP contribution in [-0.2, 0) is 0 Å². The normalized spacial score (nSPS) is 13.4. The average Bonchev–Trinajstić information content (AvgIpc) is 2.48. The van der Waals surface area contributed by atoms with E-state index in [9.17, 15) is 10.4 Å². The first-order valence-corrected chi connectivity index (χ1v) is 7.27. The number of benzene rings is 2. The second-order valence-electron chi connectivity index (χ2n) is 5.79. The molecule has 0 fully saturated rings. The third kappa shape index (κ3) is 3.67. The van der Waals surface area contributed by atoms with Crippen LogP contribution >= 0.6 is 0 Å². The molecule has 2 atom stereocenters. The molecule has 0 aliphatic rings. The molecular formula is C18H20BNO. The van der Waals surface area contributed by atoms with Gasteiger partial charge in [-0.1, -0.05) is 54.3 Å². The van der Waals surface area contributed by atoms with Crippen molar-refractivity contribution in [1.82, 2.24) is 0 Å². The van der Waals surface area contributed by atoms with Crippen molar-refractivity contribution in [3.05, 3.63) is 59.2 Å². The Morgan fingerprint density at radius 2 is 1.86 bits per heavy atom. The second-order valence-corrected chi connectivity index (χ2v) is 5.79. The van der Waals surface area contributed by atoms with Crippen LogP contribution in [-0.4, -0.2) is 13.0 Å². The number of hydrogen-bond donors (Lipinski definition) is 1. The molecule has 0 saturated heterocycles. The Morgan fingerprint density at radius 1 is 1.19 bits per heavy atom. The summed E-state index contributed by atoms with van der Waals surface area (Å²) in [6.45, 7) is 4.07. The lowest BCUT2D eigenvalue weighted by Crippen LogP contribution is -2.06. The van der Waals surface area contributed by atoms with Crippen molar-refractivity contribution >= 4 is 13.3 Å². The molecule has 2 nitrogen and oxygen atoms in total. The number of phenols is 1. The van der Waals surface area contributed by atoms with Crippen LogP contribution in [0.4, 0.5) is 0 Å². The predicted molar refractivity (Wildman–Crippen MR) is 88.8 cm³/mol. The van der Waals surface area contributed by atoms with E-state index in [0.717, 1.165) is 16.7 Å². The van der Waals surface area contributed by atoms with E-state index in [2.05, 4.69) is 13.0 Å². The molecule has 0 radical (unpaired) electrons. The van der Waals surface area contributed by atoms with Crippen LogP contribution in [0.3, 0.4) is 0 Å². The molecule has 3 heteroatoms. The highest BCUT2D eigenvalue weighted by molar-refractivity contribution is 6.32. The standard InChI is InChI=1S/C18H20BNO/c1-12-3-8-18(21)17(9-12)13(2)10-15(11-20)14-4-6-16(19)7-5-14/h3-9,13,15,21H,10,19H2,1-2H3. The summed E-state index contributed by atoms with van der Waals surface area (Å²) >= 11 is 0. The summed E-state index contributed by atoms with van der Waals surface area (Å²) in [6.07, 6.45) is 0.705. The molecule has 0 saturated carbocycles.